The van der Waals surface area contributed by atoms with E-state index in [1.165, 1.54) is 19.3 Å². The van der Waals surface area contributed by atoms with Crippen LogP contribution in [0, 0.1) is 5.92 Å². The lowest BCUT2D eigenvalue weighted by Crippen LogP contribution is -2.33. The van der Waals surface area contributed by atoms with Crippen molar-refractivity contribution in [3.05, 3.63) is 29.8 Å². The van der Waals surface area contributed by atoms with Crippen LogP contribution in [0.2, 0.25) is 0 Å². The highest BCUT2D eigenvalue weighted by Gasteiger charge is 2.23. The minimum absolute atomic E-state index is 0.294. The van der Waals surface area contributed by atoms with E-state index in [1.807, 2.05) is 32.9 Å². The van der Waals surface area contributed by atoms with Crippen LogP contribution in [0.1, 0.15) is 52.5 Å². The average molecular weight is 318 g/mol. The number of hydrogen-bond acceptors (Lipinski definition) is 3. The second-order valence-corrected chi connectivity index (χ2v) is 7.76. The van der Waals surface area contributed by atoms with Gasteiger partial charge in [0, 0.05) is 25.3 Å². The molecule has 1 N–H and O–H groups in total. The highest BCUT2D eigenvalue weighted by molar-refractivity contribution is 5.67. The van der Waals surface area contributed by atoms with Gasteiger partial charge in [-0.1, -0.05) is 25.0 Å². The van der Waals surface area contributed by atoms with E-state index in [9.17, 15) is 4.79 Å². The lowest BCUT2D eigenvalue weighted by molar-refractivity contribution is 0.0285. The summed E-state index contributed by atoms with van der Waals surface area (Å²) in [6, 6.07) is 8.76. The number of benzene rings is 1. The predicted molar refractivity (Wildman–Crippen MR) is 94.6 cm³/mol. The summed E-state index contributed by atoms with van der Waals surface area (Å²) in [6.07, 6.45) is 3.71. The van der Waals surface area contributed by atoms with E-state index in [0.717, 1.165) is 17.2 Å². The van der Waals surface area contributed by atoms with Gasteiger partial charge in [-0.2, -0.15) is 0 Å². The van der Waals surface area contributed by atoms with Gasteiger partial charge in [0.25, 0.3) is 0 Å². The molecule has 1 fully saturated rings. The van der Waals surface area contributed by atoms with Crippen LogP contribution in [0.4, 0.5) is 10.5 Å². The molecule has 1 amide bonds. The van der Waals surface area contributed by atoms with Crippen LogP contribution in [0.5, 0.6) is 0 Å². The topological polar surface area (TPSA) is 41.6 Å². The molecule has 23 heavy (non-hydrogen) atoms. The minimum Gasteiger partial charge on any atom is -0.444 e. The Morgan fingerprint density at radius 2 is 2.09 bits per heavy atom. The standard InChI is InChI=1S/C19H30N2O2/c1-14(11-15-9-10-15)20-17-8-6-7-16(12-17)13-21(5)18(22)23-19(2,3)4/h6-8,12,14-15,20H,9-11,13H2,1-5H3. The van der Waals surface area contributed by atoms with Crippen molar-refractivity contribution in [2.75, 3.05) is 12.4 Å². The fraction of sp³-hybridized carbons (Fsp3) is 0.632. The quantitative estimate of drug-likeness (QED) is 0.830. The molecule has 128 valence electrons. The Labute approximate surface area is 140 Å². The lowest BCUT2D eigenvalue weighted by atomic mass is 10.1. The smallest absolute Gasteiger partial charge is 0.410 e. The summed E-state index contributed by atoms with van der Waals surface area (Å²) >= 11 is 0. The van der Waals surface area contributed by atoms with Crippen molar-refractivity contribution in [2.45, 2.75) is 65.1 Å². The fourth-order valence-electron chi connectivity index (χ4n) is 2.63. The number of carbonyl (C=O) groups excluding carboxylic acids is 1. The van der Waals surface area contributed by atoms with Gasteiger partial charge in [-0.3, -0.25) is 0 Å². The van der Waals surface area contributed by atoms with Gasteiger partial charge in [-0.25, -0.2) is 4.79 Å². The van der Waals surface area contributed by atoms with Crippen molar-refractivity contribution < 1.29 is 9.53 Å². The molecule has 1 unspecified atom stereocenters. The average Bonchev–Trinajstić information content (AvgIpc) is 3.20. The number of anilines is 1. The van der Waals surface area contributed by atoms with E-state index in [2.05, 4.69) is 24.4 Å². The van der Waals surface area contributed by atoms with Gasteiger partial charge in [0.05, 0.1) is 0 Å². The number of ether oxygens (including phenoxy) is 1. The summed E-state index contributed by atoms with van der Waals surface area (Å²) in [4.78, 5) is 13.7. The van der Waals surface area contributed by atoms with Gasteiger partial charge in [0.1, 0.15) is 5.60 Å². The van der Waals surface area contributed by atoms with Crippen molar-refractivity contribution in [1.29, 1.82) is 0 Å². The normalized spacial score (nSPS) is 15.9. The van der Waals surface area contributed by atoms with Crippen molar-refractivity contribution in [3.8, 4) is 0 Å². The second kappa shape index (κ2) is 7.24. The van der Waals surface area contributed by atoms with Crippen LogP contribution in [0.3, 0.4) is 0 Å². The molecule has 2 rings (SSSR count). The maximum atomic E-state index is 12.0. The molecular formula is C19H30N2O2. The zero-order valence-electron chi connectivity index (χ0n) is 15.1. The monoisotopic (exact) mass is 318 g/mol. The Morgan fingerprint density at radius 3 is 2.70 bits per heavy atom. The molecule has 1 atom stereocenters. The first kappa shape index (κ1) is 17.6. The maximum Gasteiger partial charge on any atom is 0.410 e. The van der Waals surface area contributed by atoms with Crippen molar-refractivity contribution in [2.24, 2.45) is 5.92 Å². The zero-order valence-corrected chi connectivity index (χ0v) is 15.1. The Kier molecular flexibility index (Phi) is 5.55. The van der Waals surface area contributed by atoms with Crippen LogP contribution in [-0.4, -0.2) is 29.7 Å². The predicted octanol–water partition coefficient (Wildman–Crippen LogP) is 4.65. The third-order valence-electron chi connectivity index (χ3n) is 3.85. The van der Waals surface area contributed by atoms with Crippen LogP contribution in [-0.2, 0) is 11.3 Å². The largest absolute Gasteiger partial charge is 0.444 e. The molecule has 1 aliphatic carbocycles. The van der Waals surface area contributed by atoms with Gasteiger partial charge in [-0.05, 0) is 57.7 Å². The number of rotatable bonds is 6. The van der Waals surface area contributed by atoms with E-state index < -0.39 is 5.60 Å². The first-order valence-corrected chi connectivity index (χ1v) is 8.52. The maximum absolute atomic E-state index is 12.0. The molecule has 0 radical (unpaired) electrons. The van der Waals surface area contributed by atoms with Gasteiger partial charge < -0.3 is 15.0 Å². The lowest BCUT2D eigenvalue weighted by Gasteiger charge is -2.25. The molecule has 1 aromatic carbocycles. The summed E-state index contributed by atoms with van der Waals surface area (Å²) in [5.74, 6) is 0.916. The SMILES string of the molecule is CC(CC1CC1)Nc1cccc(CN(C)C(=O)OC(C)(C)C)c1. The molecule has 0 heterocycles. The number of nitrogens with one attached hydrogen (secondary N) is 1. The van der Waals surface area contributed by atoms with Gasteiger partial charge >= 0.3 is 6.09 Å². The first-order chi connectivity index (χ1) is 10.7. The molecule has 4 nitrogen and oxygen atoms in total. The van der Waals surface area contributed by atoms with E-state index >= 15 is 0 Å². The highest BCUT2D eigenvalue weighted by Crippen LogP contribution is 2.34. The van der Waals surface area contributed by atoms with Gasteiger partial charge in [0.15, 0.2) is 0 Å². The van der Waals surface area contributed by atoms with Crippen LogP contribution < -0.4 is 5.32 Å². The number of nitrogens with zero attached hydrogens (tertiary/aromatic N) is 1. The molecule has 0 spiro atoms. The van der Waals surface area contributed by atoms with Crippen molar-refractivity contribution in [1.82, 2.24) is 4.90 Å². The highest BCUT2D eigenvalue weighted by atomic mass is 16.6. The second-order valence-electron chi connectivity index (χ2n) is 7.76. The number of hydrogen-bond donors (Lipinski definition) is 1. The van der Waals surface area contributed by atoms with Gasteiger partial charge in [-0.15, -0.1) is 0 Å². The third kappa shape index (κ3) is 6.51. The zero-order chi connectivity index (χ0) is 17.0. The molecular weight excluding hydrogens is 288 g/mol. The third-order valence-corrected chi connectivity index (χ3v) is 3.85. The minimum atomic E-state index is -0.465. The molecule has 1 saturated carbocycles. The Hall–Kier alpha value is -1.71. The Balaban J connectivity index is 1.89. The van der Waals surface area contributed by atoms with Crippen LogP contribution >= 0.6 is 0 Å². The van der Waals surface area contributed by atoms with E-state index in [0.29, 0.717) is 12.6 Å². The summed E-state index contributed by atoms with van der Waals surface area (Å²) in [6.45, 7) is 8.42. The van der Waals surface area contributed by atoms with E-state index in [-0.39, 0.29) is 6.09 Å². The molecule has 0 saturated heterocycles. The molecule has 4 heteroatoms. The molecule has 0 bridgehead atoms. The number of carbonyl (C=O) groups is 1. The Bertz CT molecular complexity index is 532. The van der Waals surface area contributed by atoms with Crippen LogP contribution in [0.25, 0.3) is 0 Å². The first-order valence-electron chi connectivity index (χ1n) is 8.52. The van der Waals surface area contributed by atoms with E-state index in [4.69, 9.17) is 4.74 Å². The molecule has 0 aliphatic heterocycles. The number of amides is 1. The Morgan fingerprint density at radius 1 is 1.39 bits per heavy atom. The molecule has 1 aliphatic rings. The van der Waals surface area contributed by atoms with Crippen molar-refractivity contribution >= 4 is 11.8 Å². The molecule has 0 aromatic heterocycles. The summed E-state index contributed by atoms with van der Waals surface area (Å²) in [5, 5.41) is 3.56. The fourth-order valence-corrected chi connectivity index (χ4v) is 2.63. The van der Waals surface area contributed by atoms with Crippen molar-refractivity contribution in [3.63, 3.8) is 0 Å². The molecule has 1 aromatic rings. The summed E-state index contributed by atoms with van der Waals surface area (Å²) in [7, 11) is 1.77. The van der Waals surface area contributed by atoms with E-state index in [1.54, 1.807) is 11.9 Å². The summed E-state index contributed by atoms with van der Waals surface area (Å²) in [5.41, 5.74) is 1.75. The van der Waals surface area contributed by atoms with Crippen LogP contribution in [0.15, 0.2) is 24.3 Å². The van der Waals surface area contributed by atoms with Gasteiger partial charge in [0.2, 0.25) is 0 Å². The summed E-state index contributed by atoms with van der Waals surface area (Å²) < 4.78 is 5.39.